The number of carbonyl (C=O) groups is 1. The number of rotatable bonds is 4. The fraction of sp³-hybridized carbons (Fsp3) is 0.933. The van der Waals surface area contributed by atoms with Gasteiger partial charge < -0.3 is 14.9 Å². The van der Waals surface area contributed by atoms with Gasteiger partial charge >= 0.3 is 5.97 Å². The Kier molecular flexibility index (Phi) is 4.85. The second-order valence-corrected chi connectivity index (χ2v) is 6.79. The van der Waals surface area contributed by atoms with Crippen LogP contribution in [0, 0.1) is 5.41 Å². The summed E-state index contributed by atoms with van der Waals surface area (Å²) in [4.78, 5) is 16.2. The molecule has 2 aliphatic heterocycles. The van der Waals surface area contributed by atoms with Crippen LogP contribution in [0.1, 0.15) is 46.0 Å². The summed E-state index contributed by atoms with van der Waals surface area (Å²) in [6, 6.07) is 0.740. The molecule has 2 aliphatic rings. The van der Waals surface area contributed by atoms with E-state index in [0.717, 1.165) is 19.1 Å². The van der Waals surface area contributed by atoms with Gasteiger partial charge in [0.05, 0.1) is 5.41 Å². The smallest absolute Gasteiger partial charge is 0.310 e. The molecule has 0 radical (unpaired) electrons. The lowest BCUT2D eigenvalue weighted by atomic mass is 9.91. The zero-order chi connectivity index (χ0) is 13.9. The van der Waals surface area contributed by atoms with Crippen LogP contribution in [0.5, 0.6) is 0 Å². The Labute approximate surface area is 116 Å². The molecule has 2 fully saturated rings. The summed E-state index contributed by atoms with van der Waals surface area (Å²) in [5, 5.41) is 9.19. The molecule has 19 heavy (non-hydrogen) atoms. The van der Waals surface area contributed by atoms with E-state index in [4.69, 9.17) is 0 Å². The van der Waals surface area contributed by atoms with Gasteiger partial charge in [0.2, 0.25) is 0 Å². The number of carboxylic acid groups (broad SMARTS) is 1. The first-order valence-corrected chi connectivity index (χ1v) is 7.69. The van der Waals surface area contributed by atoms with Gasteiger partial charge in [-0.15, -0.1) is 0 Å². The zero-order valence-corrected chi connectivity index (χ0v) is 12.4. The lowest BCUT2D eigenvalue weighted by Gasteiger charge is -2.41. The lowest BCUT2D eigenvalue weighted by molar-refractivity contribution is -0.148. The van der Waals surface area contributed by atoms with Gasteiger partial charge in [0.25, 0.3) is 0 Å². The van der Waals surface area contributed by atoms with Gasteiger partial charge in [-0.3, -0.25) is 4.79 Å². The molecule has 0 saturated carbocycles. The van der Waals surface area contributed by atoms with Crippen molar-refractivity contribution in [2.45, 2.75) is 52.0 Å². The molecule has 4 heteroatoms. The Balaban J connectivity index is 1.77. The van der Waals surface area contributed by atoms with Crippen molar-refractivity contribution in [3.05, 3.63) is 0 Å². The highest BCUT2D eigenvalue weighted by Gasteiger charge is 2.32. The third-order valence-corrected chi connectivity index (χ3v) is 4.66. The topological polar surface area (TPSA) is 43.8 Å². The summed E-state index contributed by atoms with van der Waals surface area (Å²) in [6.07, 6.45) is 6.51. The number of aliphatic carboxylic acids is 1. The minimum absolute atomic E-state index is 0.627. The maximum atomic E-state index is 11.2. The Bertz CT molecular complexity index is 303. The van der Waals surface area contributed by atoms with Crippen LogP contribution in [-0.4, -0.2) is 59.6 Å². The predicted molar refractivity (Wildman–Crippen MR) is 76.3 cm³/mol. The van der Waals surface area contributed by atoms with Crippen molar-refractivity contribution in [3.8, 4) is 0 Å². The van der Waals surface area contributed by atoms with Crippen LogP contribution in [0.25, 0.3) is 0 Å². The van der Waals surface area contributed by atoms with Gasteiger partial charge in [-0.25, -0.2) is 0 Å². The van der Waals surface area contributed by atoms with Gasteiger partial charge in [0.15, 0.2) is 0 Å². The van der Waals surface area contributed by atoms with Crippen molar-refractivity contribution in [2.24, 2.45) is 5.41 Å². The van der Waals surface area contributed by atoms with Crippen LogP contribution in [0.3, 0.4) is 0 Å². The predicted octanol–water partition coefficient (Wildman–Crippen LogP) is 2.05. The van der Waals surface area contributed by atoms with Crippen molar-refractivity contribution >= 4 is 5.97 Å². The molecule has 0 unspecified atom stereocenters. The van der Waals surface area contributed by atoms with E-state index in [0.29, 0.717) is 6.54 Å². The second-order valence-electron chi connectivity index (χ2n) is 6.79. The normalized spacial score (nSPS) is 24.5. The number of likely N-dealkylation sites (tertiary alicyclic amines) is 2. The maximum Gasteiger partial charge on any atom is 0.310 e. The molecule has 0 spiro atoms. The summed E-state index contributed by atoms with van der Waals surface area (Å²) < 4.78 is 0. The lowest BCUT2D eigenvalue weighted by Crippen LogP contribution is -2.49. The first kappa shape index (κ1) is 14.8. The minimum atomic E-state index is -0.689. The van der Waals surface area contributed by atoms with E-state index in [1.165, 1.54) is 45.2 Å². The molecule has 0 amide bonds. The standard InChI is InChI=1S/C15H28N2O2/c1-15(2,14(18)19)12-16-10-6-13(7-11-16)17-8-4-3-5-9-17/h13H,3-12H2,1-2H3,(H,18,19). The molecule has 110 valence electrons. The number of nitrogens with zero attached hydrogens (tertiary/aromatic N) is 2. The number of piperidine rings is 2. The molecule has 2 saturated heterocycles. The highest BCUT2D eigenvalue weighted by molar-refractivity contribution is 5.73. The molecule has 0 aromatic carbocycles. The van der Waals surface area contributed by atoms with Gasteiger partial charge in [-0.1, -0.05) is 6.42 Å². The molecule has 1 N–H and O–H groups in total. The summed E-state index contributed by atoms with van der Waals surface area (Å²) in [5.41, 5.74) is -0.627. The Hall–Kier alpha value is -0.610. The highest BCUT2D eigenvalue weighted by Crippen LogP contribution is 2.24. The minimum Gasteiger partial charge on any atom is -0.481 e. The van der Waals surface area contributed by atoms with Crippen molar-refractivity contribution in [3.63, 3.8) is 0 Å². The van der Waals surface area contributed by atoms with E-state index < -0.39 is 11.4 Å². The first-order valence-electron chi connectivity index (χ1n) is 7.69. The van der Waals surface area contributed by atoms with Crippen molar-refractivity contribution < 1.29 is 9.90 Å². The van der Waals surface area contributed by atoms with Gasteiger partial charge in [-0.2, -0.15) is 0 Å². The molecule has 2 heterocycles. The Morgan fingerprint density at radius 1 is 1.11 bits per heavy atom. The fourth-order valence-corrected chi connectivity index (χ4v) is 3.35. The third-order valence-electron chi connectivity index (χ3n) is 4.66. The Morgan fingerprint density at radius 3 is 2.21 bits per heavy atom. The molecule has 0 aliphatic carbocycles. The van der Waals surface area contributed by atoms with Crippen molar-refractivity contribution in [1.29, 1.82) is 0 Å². The molecular weight excluding hydrogens is 240 g/mol. The number of hydrogen-bond donors (Lipinski definition) is 1. The molecule has 0 aromatic heterocycles. The Morgan fingerprint density at radius 2 is 1.68 bits per heavy atom. The highest BCUT2D eigenvalue weighted by atomic mass is 16.4. The zero-order valence-electron chi connectivity index (χ0n) is 12.4. The van der Waals surface area contributed by atoms with Crippen molar-refractivity contribution in [1.82, 2.24) is 9.80 Å². The molecule has 2 rings (SSSR count). The maximum absolute atomic E-state index is 11.2. The van der Waals surface area contributed by atoms with Crippen LogP contribution >= 0.6 is 0 Å². The molecular formula is C15H28N2O2. The molecule has 0 bridgehead atoms. The number of hydrogen-bond acceptors (Lipinski definition) is 3. The van der Waals surface area contributed by atoms with E-state index >= 15 is 0 Å². The van der Waals surface area contributed by atoms with Gasteiger partial charge in [0.1, 0.15) is 0 Å². The summed E-state index contributed by atoms with van der Waals surface area (Å²) in [5.74, 6) is -0.689. The van der Waals surface area contributed by atoms with Gasteiger partial charge in [0, 0.05) is 12.6 Å². The SMILES string of the molecule is CC(C)(CN1CCC(N2CCCCC2)CC1)C(=O)O. The van der Waals surface area contributed by atoms with E-state index in [9.17, 15) is 9.90 Å². The first-order chi connectivity index (χ1) is 8.99. The van der Waals surface area contributed by atoms with Crippen LogP contribution in [0.15, 0.2) is 0 Å². The average Bonchev–Trinajstić information content (AvgIpc) is 2.40. The molecule has 4 nitrogen and oxygen atoms in total. The average molecular weight is 268 g/mol. The van der Waals surface area contributed by atoms with E-state index in [1.807, 2.05) is 13.8 Å². The van der Waals surface area contributed by atoms with Crippen LogP contribution < -0.4 is 0 Å². The summed E-state index contributed by atoms with van der Waals surface area (Å²) in [6.45, 7) is 8.97. The van der Waals surface area contributed by atoms with E-state index in [2.05, 4.69) is 9.80 Å². The second kappa shape index (κ2) is 6.23. The van der Waals surface area contributed by atoms with E-state index in [1.54, 1.807) is 0 Å². The van der Waals surface area contributed by atoms with Crippen LogP contribution in [0.4, 0.5) is 0 Å². The summed E-state index contributed by atoms with van der Waals surface area (Å²) >= 11 is 0. The summed E-state index contributed by atoms with van der Waals surface area (Å²) in [7, 11) is 0. The quantitative estimate of drug-likeness (QED) is 0.847. The molecule has 0 aromatic rings. The van der Waals surface area contributed by atoms with E-state index in [-0.39, 0.29) is 0 Å². The molecule has 0 atom stereocenters. The van der Waals surface area contributed by atoms with Crippen LogP contribution in [-0.2, 0) is 4.79 Å². The third kappa shape index (κ3) is 3.93. The fourth-order valence-electron chi connectivity index (χ4n) is 3.35. The largest absolute Gasteiger partial charge is 0.481 e. The monoisotopic (exact) mass is 268 g/mol. The van der Waals surface area contributed by atoms with Gasteiger partial charge in [-0.05, 0) is 65.7 Å². The van der Waals surface area contributed by atoms with Crippen molar-refractivity contribution in [2.75, 3.05) is 32.7 Å². The number of carboxylic acids is 1. The van der Waals surface area contributed by atoms with Crippen LogP contribution in [0.2, 0.25) is 0 Å².